The molecule has 1 aliphatic heterocycles. The van der Waals surface area contributed by atoms with Gasteiger partial charge in [0.15, 0.2) is 0 Å². The van der Waals surface area contributed by atoms with Crippen molar-refractivity contribution in [1.29, 1.82) is 5.26 Å². The Morgan fingerprint density at radius 2 is 2.28 bits per heavy atom. The summed E-state index contributed by atoms with van der Waals surface area (Å²) in [5.74, 6) is 0. The number of nitrogens with zero attached hydrogens (tertiary/aromatic N) is 2. The third-order valence-electron chi connectivity index (χ3n) is 2.66. The third-order valence-corrected chi connectivity index (χ3v) is 4.30. The molecule has 7 heteroatoms. The quantitative estimate of drug-likeness (QED) is 0.825. The van der Waals surface area contributed by atoms with Crippen LogP contribution in [0.3, 0.4) is 0 Å². The molecule has 1 aromatic rings. The van der Waals surface area contributed by atoms with Gasteiger partial charge < -0.3 is 5.11 Å². The largest absolute Gasteiger partial charge is 0.389 e. The molecule has 0 spiro atoms. The first-order valence-electron chi connectivity index (χ1n) is 5.29. The molecule has 6 nitrogen and oxygen atoms in total. The van der Waals surface area contributed by atoms with Gasteiger partial charge in [-0.2, -0.15) is 5.26 Å². The maximum absolute atomic E-state index is 12.1. The molecule has 1 atom stereocenters. The van der Waals surface area contributed by atoms with E-state index in [4.69, 9.17) is 10.1 Å². The Morgan fingerprint density at radius 3 is 2.78 bits per heavy atom. The fourth-order valence-corrected chi connectivity index (χ4v) is 3.02. The molecule has 1 aliphatic rings. The van der Waals surface area contributed by atoms with Crippen LogP contribution in [0.4, 0.5) is 0 Å². The number of sulfonamides is 1. The Kier molecular flexibility index (Phi) is 3.36. The summed E-state index contributed by atoms with van der Waals surface area (Å²) in [5, 5.41) is 18.1. The molecule has 0 radical (unpaired) electrons. The van der Waals surface area contributed by atoms with Crippen LogP contribution in [-0.4, -0.2) is 37.2 Å². The molecule has 0 saturated carbocycles. The number of nitriles is 1. The number of rotatable bonds is 2. The third kappa shape index (κ3) is 2.23. The zero-order chi connectivity index (χ0) is 13.3. The van der Waals surface area contributed by atoms with Gasteiger partial charge in [0.1, 0.15) is 0 Å². The normalized spacial score (nSPS) is 20.8. The van der Waals surface area contributed by atoms with Crippen molar-refractivity contribution in [3.8, 4) is 6.07 Å². The molecule has 0 aliphatic carbocycles. The van der Waals surface area contributed by atoms with Gasteiger partial charge in [0.25, 0.3) is 10.0 Å². The Balaban J connectivity index is 2.37. The fourth-order valence-electron chi connectivity index (χ4n) is 1.65. The molecule has 0 amide bonds. The predicted octanol–water partition coefficient (Wildman–Crippen LogP) is 0.163. The van der Waals surface area contributed by atoms with Crippen LogP contribution in [0, 0.1) is 18.3 Å². The van der Waals surface area contributed by atoms with Gasteiger partial charge in [0.05, 0.1) is 35.8 Å². The molecule has 96 valence electrons. The van der Waals surface area contributed by atoms with Crippen LogP contribution in [0.15, 0.2) is 23.1 Å². The van der Waals surface area contributed by atoms with Crippen molar-refractivity contribution >= 4 is 10.0 Å². The van der Waals surface area contributed by atoms with Crippen molar-refractivity contribution in [3.63, 3.8) is 0 Å². The predicted molar refractivity (Wildman–Crippen MR) is 61.7 cm³/mol. The second kappa shape index (κ2) is 4.66. The topological polar surface area (TPSA) is 90.6 Å². The highest BCUT2D eigenvalue weighted by Gasteiger charge is 2.33. The van der Waals surface area contributed by atoms with Crippen LogP contribution in [0.5, 0.6) is 0 Å². The first-order valence-corrected chi connectivity index (χ1v) is 6.73. The zero-order valence-corrected chi connectivity index (χ0v) is 10.5. The van der Waals surface area contributed by atoms with Gasteiger partial charge in [-0.15, -0.1) is 0 Å². The van der Waals surface area contributed by atoms with Crippen molar-refractivity contribution in [2.24, 2.45) is 0 Å². The highest BCUT2D eigenvalue weighted by atomic mass is 32.2. The summed E-state index contributed by atoms with van der Waals surface area (Å²) >= 11 is 0. The van der Waals surface area contributed by atoms with E-state index in [0.717, 1.165) is 4.47 Å². The lowest BCUT2D eigenvalue weighted by atomic mass is 10.1. The molecule has 1 heterocycles. The summed E-state index contributed by atoms with van der Waals surface area (Å²) in [5.41, 5.74) is 1.01. The van der Waals surface area contributed by atoms with E-state index in [1.807, 2.05) is 6.07 Å². The minimum Gasteiger partial charge on any atom is -0.389 e. The van der Waals surface area contributed by atoms with Crippen LogP contribution in [0.1, 0.15) is 11.1 Å². The Labute approximate surface area is 105 Å². The lowest BCUT2D eigenvalue weighted by molar-refractivity contribution is -0.0316. The number of aryl methyl sites for hydroxylation is 1. The first kappa shape index (κ1) is 13.0. The fraction of sp³-hybridized carbons (Fsp3) is 0.364. The maximum atomic E-state index is 12.1. The molecule has 1 N–H and O–H groups in total. The van der Waals surface area contributed by atoms with E-state index >= 15 is 0 Å². The van der Waals surface area contributed by atoms with Gasteiger partial charge in [0.2, 0.25) is 0 Å². The summed E-state index contributed by atoms with van der Waals surface area (Å²) in [6.07, 6.45) is -0.806. The standard InChI is InChI=1S/C11H12N2O4S/c1-8-4-11(3-2-9(8)5-12)18(15,16)13-6-10(14)7-17-13/h2-4,10,14H,6-7H2,1H3/t10-/m0/s1. The van der Waals surface area contributed by atoms with Gasteiger partial charge >= 0.3 is 0 Å². The van der Waals surface area contributed by atoms with Crippen LogP contribution < -0.4 is 0 Å². The second-order valence-corrected chi connectivity index (χ2v) is 5.86. The van der Waals surface area contributed by atoms with Crippen molar-refractivity contribution < 1.29 is 18.4 Å². The molecule has 1 aromatic carbocycles. The number of aliphatic hydroxyl groups excluding tert-OH is 1. The van der Waals surface area contributed by atoms with Crippen molar-refractivity contribution in [3.05, 3.63) is 29.3 Å². The van der Waals surface area contributed by atoms with Gasteiger partial charge in [-0.3, -0.25) is 4.84 Å². The van der Waals surface area contributed by atoms with Crippen LogP contribution in [0.2, 0.25) is 0 Å². The van der Waals surface area contributed by atoms with Gasteiger partial charge in [0, 0.05) is 0 Å². The number of hydrogen-bond donors (Lipinski definition) is 1. The maximum Gasteiger partial charge on any atom is 0.265 e. The summed E-state index contributed by atoms with van der Waals surface area (Å²) in [7, 11) is -3.78. The highest BCUT2D eigenvalue weighted by molar-refractivity contribution is 7.89. The molecule has 0 bridgehead atoms. The van der Waals surface area contributed by atoms with Crippen molar-refractivity contribution in [2.75, 3.05) is 13.2 Å². The smallest absolute Gasteiger partial charge is 0.265 e. The van der Waals surface area contributed by atoms with Crippen molar-refractivity contribution in [1.82, 2.24) is 4.47 Å². The summed E-state index contributed by atoms with van der Waals surface area (Å²) in [6, 6.07) is 6.20. The monoisotopic (exact) mass is 268 g/mol. The molecule has 0 unspecified atom stereocenters. The minimum absolute atomic E-state index is 0.0332. The SMILES string of the molecule is Cc1cc(S(=O)(=O)N2C[C@H](O)CO2)ccc1C#N. The number of hydroxylamine groups is 1. The Bertz CT molecular complexity index is 606. The molecule has 2 rings (SSSR count). The molecule has 0 aromatic heterocycles. The number of hydrogen-bond acceptors (Lipinski definition) is 5. The lowest BCUT2D eigenvalue weighted by Gasteiger charge is -2.14. The minimum atomic E-state index is -3.78. The summed E-state index contributed by atoms with van der Waals surface area (Å²) in [4.78, 5) is 4.96. The van der Waals surface area contributed by atoms with Crippen LogP contribution in [0.25, 0.3) is 0 Å². The van der Waals surface area contributed by atoms with E-state index in [9.17, 15) is 13.5 Å². The van der Waals surface area contributed by atoms with E-state index in [2.05, 4.69) is 0 Å². The summed E-state index contributed by atoms with van der Waals surface area (Å²) < 4.78 is 25.1. The van der Waals surface area contributed by atoms with Crippen LogP contribution in [-0.2, 0) is 14.9 Å². The molecule has 1 fully saturated rings. The van der Waals surface area contributed by atoms with Gasteiger partial charge in [-0.1, -0.05) is 4.47 Å². The van der Waals surface area contributed by atoms with Gasteiger partial charge in [-0.05, 0) is 30.7 Å². The van der Waals surface area contributed by atoms with E-state index < -0.39 is 16.1 Å². The Morgan fingerprint density at radius 1 is 1.56 bits per heavy atom. The van der Waals surface area contributed by atoms with E-state index in [1.54, 1.807) is 6.92 Å². The molecule has 18 heavy (non-hydrogen) atoms. The van der Waals surface area contributed by atoms with E-state index in [-0.39, 0.29) is 18.0 Å². The zero-order valence-electron chi connectivity index (χ0n) is 9.70. The second-order valence-electron chi connectivity index (χ2n) is 4.03. The Hall–Kier alpha value is -1.46. The van der Waals surface area contributed by atoms with E-state index in [1.165, 1.54) is 18.2 Å². The number of benzene rings is 1. The summed E-state index contributed by atoms with van der Waals surface area (Å²) in [6.45, 7) is 1.55. The number of β-amino-alcohol motifs (C(OH)–C–C–N with tert-alkyl or cyclic N) is 1. The molecular weight excluding hydrogens is 256 g/mol. The number of aliphatic hydroxyl groups is 1. The average molecular weight is 268 g/mol. The molecular formula is C11H12N2O4S. The van der Waals surface area contributed by atoms with E-state index in [0.29, 0.717) is 11.1 Å². The first-order chi connectivity index (χ1) is 8.45. The van der Waals surface area contributed by atoms with Gasteiger partial charge in [-0.25, -0.2) is 8.42 Å². The van der Waals surface area contributed by atoms with Crippen molar-refractivity contribution in [2.45, 2.75) is 17.9 Å². The lowest BCUT2D eigenvalue weighted by Crippen LogP contribution is -2.28. The molecule has 1 saturated heterocycles. The van der Waals surface area contributed by atoms with Crippen LogP contribution >= 0.6 is 0 Å². The average Bonchev–Trinajstić information content (AvgIpc) is 2.76. The highest BCUT2D eigenvalue weighted by Crippen LogP contribution is 2.22.